The predicted octanol–water partition coefficient (Wildman–Crippen LogP) is 1.08. The molecule has 0 amide bonds. The highest BCUT2D eigenvalue weighted by Gasteiger charge is 2.50. The molecule has 0 aromatic rings. The number of hydrogen-bond acceptors (Lipinski definition) is 6. The summed E-state index contributed by atoms with van der Waals surface area (Å²) in [6, 6.07) is 0. The van der Waals surface area contributed by atoms with Gasteiger partial charge in [0.05, 0.1) is 11.6 Å². The van der Waals surface area contributed by atoms with Crippen molar-refractivity contribution in [2.24, 2.45) is 5.73 Å². The summed E-state index contributed by atoms with van der Waals surface area (Å²) < 4.78 is 30.8. The molecule has 1 saturated carbocycles. The van der Waals surface area contributed by atoms with E-state index in [-0.39, 0.29) is 17.4 Å². The molecule has 2 aliphatic rings. The fourth-order valence-electron chi connectivity index (χ4n) is 3.79. The lowest BCUT2D eigenvalue weighted by molar-refractivity contribution is -0.0774. The number of ether oxygens (including phenoxy) is 1. The molecule has 124 valence electrons. The van der Waals surface area contributed by atoms with Crippen LogP contribution in [0.5, 0.6) is 0 Å². The molecule has 21 heavy (non-hydrogen) atoms. The molecular formula is C14H28N2O3S2. The van der Waals surface area contributed by atoms with Gasteiger partial charge in [-0.25, -0.2) is 8.42 Å². The van der Waals surface area contributed by atoms with Gasteiger partial charge in [-0.05, 0) is 12.8 Å². The van der Waals surface area contributed by atoms with E-state index in [0.29, 0.717) is 12.3 Å². The van der Waals surface area contributed by atoms with E-state index in [1.54, 1.807) is 25.8 Å². The molecule has 7 heteroatoms. The molecule has 1 saturated heterocycles. The van der Waals surface area contributed by atoms with Crippen molar-refractivity contribution in [2.75, 3.05) is 37.5 Å². The first kappa shape index (κ1) is 17.5. The lowest BCUT2D eigenvalue weighted by Crippen LogP contribution is -2.68. The summed E-state index contributed by atoms with van der Waals surface area (Å²) in [4.78, 5) is 2.18. The van der Waals surface area contributed by atoms with Crippen LogP contribution in [0.2, 0.25) is 0 Å². The first-order chi connectivity index (χ1) is 10.0. The van der Waals surface area contributed by atoms with E-state index in [2.05, 4.69) is 4.90 Å². The van der Waals surface area contributed by atoms with Crippen LogP contribution in [0.1, 0.15) is 32.6 Å². The number of methoxy groups -OCH3 is 1. The smallest absolute Gasteiger partial charge is 0.166 e. The van der Waals surface area contributed by atoms with Gasteiger partial charge in [-0.15, -0.1) is 0 Å². The van der Waals surface area contributed by atoms with Gasteiger partial charge in [0.25, 0.3) is 0 Å². The molecule has 1 aliphatic carbocycles. The molecule has 0 aromatic carbocycles. The minimum Gasteiger partial charge on any atom is -0.379 e. The zero-order valence-electron chi connectivity index (χ0n) is 13.1. The zero-order chi connectivity index (χ0) is 15.5. The van der Waals surface area contributed by atoms with Gasteiger partial charge in [-0.3, -0.25) is 4.90 Å². The van der Waals surface area contributed by atoms with Crippen LogP contribution < -0.4 is 5.73 Å². The highest BCUT2D eigenvalue weighted by Crippen LogP contribution is 2.39. The lowest BCUT2D eigenvalue weighted by Gasteiger charge is -2.53. The molecule has 0 bridgehead atoms. The predicted molar refractivity (Wildman–Crippen MR) is 88.3 cm³/mol. The maximum Gasteiger partial charge on any atom is 0.166 e. The van der Waals surface area contributed by atoms with Crippen molar-refractivity contribution >= 4 is 21.6 Å². The van der Waals surface area contributed by atoms with E-state index in [9.17, 15) is 8.42 Å². The van der Waals surface area contributed by atoms with Crippen molar-refractivity contribution in [2.45, 2.75) is 49.6 Å². The monoisotopic (exact) mass is 336 g/mol. The largest absolute Gasteiger partial charge is 0.379 e. The van der Waals surface area contributed by atoms with Crippen LogP contribution >= 0.6 is 11.8 Å². The van der Waals surface area contributed by atoms with Gasteiger partial charge in [-0.1, -0.05) is 19.8 Å². The van der Waals surface area contributed by atoms with Crippen molar-refractivity contribution in [1.29, 1.82) is 0 Å². The summed E-state index contributed by atoms with van der Waals surface area (Å²) >= 11 is 1.73. The van der Waals surface area contributed by atoms with Crippen LogP contribution in [0, 0.1) is 0 Å². The van der Waals surface area contributed by atoms with Crippen LogP contribution in [0.3, 0.4) is 0 Å². The SMILES string of the molecule is CCS(=O)(=O)C1CSCCN1C1(CN)CCCCC1OC. The summed E-state index contributed by atoms with van der Waals surface area (Å²) in [6.45, 7) is 2.98. The van der Waals surface area contributed by atoms with E-state index in [1.807, 2.05) is 0 Å². The van der Waals surface area contributed by atoms with E-state index >= 15 is 0 Å². The Hall–Kier alpha value is 0.180. The highest BCUT2D eigenvalue weighted by atomic mass is 32.2. The molecule has 2 fully saturated rings. The summed E-state index contributed by atoms with van der Waals surface area (Å²) in [5.41, 5.74) is 5.84. The van der Waals surface area contributed by atoms with Gasteiger partial charge < -0.3 is 10.5 Å². The third kappa shape index (κ3) is 3.27. The summed E-state index contributed by atoms with van der Waals surface area (Å²) in [7, 11) is -1.38. The van der Waals surface area contributed by atoms with Gasteiger partial charge in [0.15, 0.2) is 9.84 Å². The Morgan fingerprint density at radius 2 is 2.19 bits per heavy atom. The number of thioether (sulfide) groups is 1. The van der Waals surface area contributed by atoms with Gasteiger partial charge >= 0.3 is 0 Å². The lowest BCUT2D eigenvalue weighted by atomic mass is 9.77. The van der Waals surface area contributed by atoms with Gasteiger partial charge in [0.1, 0.15) is 5.37 Å². The Kier molecular flexibility index (Phi) is 5.99. The second-order valence-corrected chi connectivity index (χ2v) is 9.55. The Morgan fingerprint density at radius 3 is 2.81 bits per heavy atom. The Labute approximate surface area is 132 Å². The summed E-state index contributed by atoms with van der Waals surface area (Å²) in [5, 5.41) is -0.416. The van der Waals surface area contributed by atoms with Crippen LogP contribution in [0.15, 0.2) is 0 Å². The third-order valence-corrected chi connectivity index (χ3v) is 8.33. The molecular weight excluding hydrogens is 308 g/mol. The molecule has 1 aliphatic heterocycles. The van der Waals surface area contributed by atoms with Crippen LogP contribution in [-0.4, -0.2) is 67.8 Å². The molecule has 1 heterocycles. The van der Waals surface area contributed by atoms with Gasteiger partial charge in [-0.2, -0.15) is 11.8 Å². The molecule has 3 atom stereocenters. The van der Waals surface area contributed by atoms with Gasteiger partial charge in [0.2, 0.25) is 0 Å². The van der Waals surface area contributed by atoms with Crippen molar-refractivity contribution in [3.63, 3.8) is 0 Å². The fourth-order valence-corrected chi connectivity index (χ4v) is 6.87. The normalized spacial score (nSPS) is 35.8. The van der Waals surface area contributed by atoms with Crippen molar-refractivity contribution < 1.29 is 13.2 Å². The number of hydrogen-bond donors (Lipinski definition) is 1. The van der Waals surface area contributed by atoms with E-state index < -0.39 is 15.2 Å². The fraction of sp³-hybridized carbons (Fsp3) is 1.00. The average Bonchev–Trinajstić information content (AvgIpc) is 2.54. The van der Waals surface area contributed by atoms with E-state index in [0.717, 1.165) is 38.0 Å². The highest BCUT2D eigenvalue weighted by molar-refractivity contribution is 8.01. The van der Waals surface area contributed by atoms with E-state index in [4.69, 9.17) is 10.5 Å². The molecule has 0 spiro atoms. The first-order valence-electron chi connectivity index (χ1n) is 7.80. The molecule has 0 aromatic heterocycles. The van der Waals surface area contributed by atoms with Crippen LogP contribution in [0.4, 0.5) is 0 Å². The zero-order valence-corrected chi connectivity index (χ0v) is 14.7. The maximum atomic E-state index is 12.5. The Bertz CT molecular complexity index is 444. The number of nitrogens with two attached hydrogens (primary N) is 1. The molecule has 2 N–H and O–H groups in total. The first-order valence-corrected chi connectivity index (χ1v) is 10.7. The molecule has 3 unspecified atom stereocenters. The number of nitrogens with zero attached hydrogens (tertiary/aromatic N) is 1. The second-order valence-electron chi connectivity index (χ2n) is 5.95. The summed E-state index contributed by atoms with van der Waals surface area (Å²) in [5.74, 6) is 1.80. The molecule has 0 radical (unpaired) electrons. The Balaban J connectivity index is 2.37. The van der Waals surface area contributed by atoms with E-state index in [1.165, 1.54) is 0 Å². The second kappa shape index (κ2) is 7.17. The topological polar surface area (TPSA) is 72.6 Å². The van der Waals surface area contributed by atoms with Crippen LogP contribution in [-0.2, 0) is 14.6 Å². The third-order valence-electron chi connectivity index (χ3n) is 5.04. The maximum absolute atomic E-state index is 12.5. The Morgan fingerprint density at radius 1 is 1.43 bits per heavy atom. The standard InChI is InChI=1S/C14H28N2O3S2/c1-3-21(17,18)13-10-20-9-8-16(13)14(11-15)7-5-4-6-12(14)19-2/h12-13H,3-11,15H2,1-2H3. The minimum absolute atomic E-state index is 0.0360. The summed E-state index contributed by atoms with van der Waals surface area (Å²) in [6.07, 6.45) is 4.17. The van der Waals surface area contributed by atoms with Crippen molar-refractivity contribution in [3.05, 3.63) is 0 Å². The average molecular weight is 337 g/mol. The van der Waals surface area contributed by atoms with Crippen molar-refractivity contribution in [1.82, 2.24) is 4.90 Å². The quantitative estimate of drug-likeness (QED) is 0.810. The molecule has 5 nitrogen and oxygen atoms in total. The van der Waals surface area contributed by atoms with Crippen LogP contribution in [0.25, 0.3) is 0 Å². The minimum atomic E-state index is -3.11. The number of sulfone groups is 1. The van der Waals surface area contributed by atoms with Gasteiger partial charge in [0, 0.05) is 37.5 Å². The molecule has 2 rings (SSSR count). The number of rotatable bonds is 5. The van der Waals surface area contributed by atoms with Crippen molar-refractivity contribution in [3.8, 4) is 0 Å².